The number of carbonyl (C=O) groups is 2. The van der Waals surface area contributed by atoms with Crippen LogP contribution in [0, 0.1) is 11.6 Å². The number of carbonyl (C=O) groups excluding carboxylic acids is 1. The lowest BCUT2D eigenvalue weighted by Crippen LogP contribution is -2.14. The summed E-state index contributed by atoms with van der Waals surface area (Å²) in [5, 5.41) is 10.6. The van der Waals surface area contributed by atoms with Crippen molar-refractivity contribution in [2.45, 2.75) is 0 Å². The third-order valence-corrected chi connectivity index (χ3v) is 2.93. The molecule has 2 aromatic rings. The van der Waals surface area contributed by atoms with Gasteiger partial charge in [0.2, 0.25) is 0 Å². The zero-order chi connectivity index (χ0) is 15.6. The highest BCUT2D eigenvalue weighted by Gasteiger charge is 2.15. The molecule has 0 aliphatic heterocycles. The highest BCUT2D eigenvalue weighted by molar-refractivity contribution is 6.30. The van der Waals surface area contributed by atoms with E-state index >= 15 is 0 Å². The quantitative estimate of drug-likeness (QED) is 0.852. The van der Waals surface area contributed by atoms with Gasteiger partial charge < -0.3 is 10.4 Å². The second-order valence-corrected chi connectivity index (χ2v) is 4.49. The molecule has 21 heavy (non-hydrogen) atoms. The van der Waals surface area contributed by atoms with Crippen molar-refractivity contribution >= 4 is 29.2 Å². The first kappa shape index (κ1) is 14.9. The molecule has 0 saturated heterocycles. The summed E-state index contributed by atoms with van der Waals surface area (Å²) in [7, 11) is 0. The van der Waals surface area contributed by atoms with E-state index < -0.39 is 34.1 Å². The van der Waals surface area contributed by atoms with Crippen molar-refractivity contribution in [1.29, 1.82) is 0 Å². The van der Waals surface area contributed by atoms with Gasteiger partial charge in [0, 0.05) is 5.69 Å². The third-order valence-electron chi connectivity index (χ3n) is 2.64. The lowest BCUT2D eigenvalue weighted by atomic mass is 10.1. The molecule has 0 fully saturated rings. The number of halogens is 3. The number of hydrogen-bond acceptors (Lipinski definition) is 2. The standard InChI is InChI=1S/C14H8ClF2NO3/c15-10-6-11(16)9(5-12(10)17)13(19)18-8-3-1-7(2-4-8)14(20)21/h1-6H,(H,18,19)(H,20,21). The summed E-state index contributed by atoms with van der Waals surface area (Å²) in [4.78, 5) is 22.5. The second kappa shape index (κ2) is 5.88. The van der Waals surface area contributed by atoms with Gasteiger partial charge in [-0.3, -0.25) is 4.79 Å². The largest absolute Gasteiger partial charge is 0.478 e. The van der Waals surface area contributed by atoms with Gasteiger partial charge in [0.15, 0.2) is 0 Å². The lowest BCUT2D eigenvalue weighted by Gasteiger charge is -2.07. The van der Waals surface area contributed by atoms with E-state index in [9.17, 15) is 18.4 Å². The van der Waals surface area contributed by atoms with E-state index in [-0.39, 0.29) is 11.3 Å². The molecule has 4 nitrogen and oxygen atoms in total. The molecule has 0 heterocycles. The van der Waals surface area contributed by atoms with Crippen molar-refractivity contribution in [2.24, 2.45) is 0 Å². The van der Waals surface area contributed by atoms with Crippen LogP contribution in [-0.2, 0) is 0 Å². The van der Waals surface area contributed by atoms with Gasteiger partial charge in [-0.05, 0) is 36.4 Å². The van der Waals surface area contributed by atoms with Crippen LogP contribution in [0.25, 0.3) is 0 Å². The zero-order valence-electron chi connectivity index (χ0n) is 10.4. The molecule has 0 aromatic heterocycles. The fourth-order valence-corrected chi connectivity index (χ4v) is 1.74. The Balaban J connectivity index is 2.22. The van der Waals surface area contributed by atoms with E-state index in [0.29, 0.717) is 12.1 Å². The molecular formula is C14H8ClF2NO3. The molecule has 0 bridgehead atoms. The van der Waals surface area contributed by atoms with Crippen LogP contribution in [0.1, 0.15) is 20.7 Å². The lowest BCUT2D eigenvalue weighted by molar-refractivity contribution is 0.0696. The summed E-state index contributed by atoms with van der Waals surface area (Å²) in [6.45, 7) is 0. The maximum atomic E-state index is 13.6. The Hall–Kier alpha value is -2.47. The van der Waals surface area contributed by atoms with Crippen LogP contribution in [0.4, 0.5) is 14.5 Å². The van der Waals surface area contributed by atoms with Crippen LogP contribution in [0.5, 0.6) is 0 Å². The Kier molecular flexibility index (Phi) is 4.18. The fraction of sp³-hybridized carbons (Fsp3) is 0. The van der Waals surface area contributed by atoms with E-state index in [1.165, 1.54) is 24.3 Å². The average molecular weight is 312 g/mol. The van der Waals surface area contributed by atoms with Crippen molar-refractivity contribution in [2.75, 3.05) is 5.32 Å². The number of benzene rings is 2. The average Bonchev–Trinajstić information content (AvgIpc) is 2.43. The van der Waals surface area contributed by atoms with E-state index in [0.717, 1.165) is 0 Å². The Labute approximate surface area is 123 Å². The van der Waals surface area contributed by atoms with Crippen LogP contribution < -0.4 is 5.32 Å². The van der Waals surface area contributed by atoms with Crippen molar-refractivity contribution in [3.8, 4) is 0 Å². The van der Waals surface area contributed by atoms with Gasteiger partial charge in [-0.15, -0.1) is 0 Å². The van der Waals surface area contributed by atoms with Crippen molar-refractivity contribution < 1.29 is 23.5 Å². The van der Waals surface area contributed by atoms with Crippen molar-refractivity contribution in [3.63, 3.8) is 0 Å². The maximum absolute atomic E-state index is 13.6. The number of aromatic carboxylic acids is 1. The third kappa shape index (κ3) is 3.35. The highest BCUT2D eigenvalue weighted by Crippen LogP contribution is 2.20. The zero-order valence-corrected chi connectivity index (χ0v) is 11.1. The summed E-state index contributed by atoms with van der Waals surface area (Å²) in [5.41, 5.74) is -0.212. The monoisotopic (exact) mass is 311 g/mol. The van der Waals surface area contributed by atoms with Gasteiger partial charge >= 0.3 is 5.97 Å². The van der Waals surface area contributed by atoms with Crippen LogP contribution in [-0.4, -0.2) is 17.0 Å². The van der Waals surface area contributed by atoms with E-state index in [2.05, 4.69) is 5.32 Å². The maximum Gasteiger partial charge on any atom is 0.335 e. The molecule has 0 saturated carbocycles. The van der Waals surface area contributed by atoms with Crippen LogP contribution in [0.3, 0.4) is 0 Å². The molecule has 0 aliphatic rings. The second-order valence-electron chi connectivity index (χ2n) is 4.08. The molecule has 2 N–H and O–H groups in total. The first-order chi connectivity index (χ1) is 9.88. The summed E-state index contributed by atoms with van der Waals surface area (Å²) in [6, 6.07) is 6.63. The summed E-state index contributed by atoms with van der Waals surface area (Å²) in [6.07, 6.45) is 0. The molecule has 0 spiro atoms. The van der Waals surface area contributed by atoms with Gasteiger partial charge in [-0.25, -0.2) is 13.6 Å². The summed E-state index contributed by atoms with van der Waals surface area (Å²) < 4.78 is 26.8. The Morgan fingerprint density at radius 2 is 1.67 bits per heavy atom. The Bertz CT molecular complexity index is 717. The van der Waals surface area contributed by atoms with Crippen LogP contribution in [0.2, 0.25) is 5.02 Å². The van der Waals surface area contributed by atoms with Crippen molar-refractivity contribution in [1.82, 2.24) is 0 Å². The Morgan fingerprint density at radius 1 is 1.05 bits per heavy atom. The Morgan fingerprint density at radius 3 is 2.24 bits per heavy atom. The van der Waals surface area contributed by atoms with Gasteiger partial charge in [0.25, 0.3) is 5.91 Å². The van der Waals surface area contributed by atoms with Gasteiger partial charge in [-0.2, -0.15) is 0 Å². The number of carboxylic acids is 1. The molecular weight excluding hydrogens is 304 g/mol. The minimum Gasteiger partial charge on any atom is -0.478 e. The number of amides is 1. The van der Waals surface area contributed by atoms with Gasteiger partial charge in [-0.1, -0.05) is 11.6 Å². The normalized spacial score (nSPS) is 10.2. The summed E-state index contributed by atoms with van der Waals surface area (Å²) in [5.74, 6) is -3.85. The number of anilines is 1. The molecule has 7 heteroatoms. The molecule has 108 valence electrons. The number of nitrogens with one attached hydrogen (secondary N) is 1. The first-order valence-electron chi connectivity index (χ1n) is 5.67. The number of rotatable bonds is 3. The van der Waals surface area contributed by atoms with Crippen molar-refractivity contribution in [3.05, 3.63) is 64.2 Å². The fourth-order valence-electron chi connectivity index (χ4n) is 1.59. The smallest absolute Gasteiger partial charge is 0.335 e. The van der Waals surface area contributed by atoms with Gasteiger partial charge in [0.05, 0.1) is 16.1 Å². The first-order valence-corrected chi connectivity index (χ1v) is 6.05. The molecule has 2 rings (SSSR count). The molecule has 0 unspecified atom stereocenters. The van der Waals surface area contributed by atoms with Gasteiger partial charge in [0.1, 0.15) is 11.6 Å². The minimum absolute atomic E-state index is 0.0386. The van der Waals surface area contributed by atoms with E-state index in [1.54, 1.807) is 0 Å². The predicted molar refractivity (Wildman–Crippen MR) is 72.7 cm³/mol. The summed E-state index contributed by atoms with van der Waals surface area (Å²) >= 11 is 5.40. The molecule has 0 radical (unpaired) electrons. The molecule has 1 amide bonds. The van der Waals surface area contributed by atoms with Crippen LogP contribution in [0.15, 0.2) is 36.4 Å². The molecule has 0 atom stereocenters. The molecule has 2 aromatic carbocycles. The minimum atomic E-state index is -1.11. The molecule has 0 aliphatic carbocycles. The number of hydrogen-bond donors (Lipinski definition) is 2. The SMILES string of the molecule is O=C(O)c1ccc(NC(=O)c2cc(F)c(Cl)cc2F)cc1. The van der Waals surface area contributed by atoms with Crippen LogP contribution >= 0.6 is 11.6 Å². The van der Waals surface area contributed by atoms with E-state index in [1.807, 2.05) is 0 Å². The topological polar surface area (TPSA) is 66.4 Å². The highest BCUT2D eigenvalue weighted by atomic mass is 35.5. The number of carboxylic acid groups (broad SMARTS) is 1. The van der Waals surface area contributed by atoms with E-state index in [4.69, 9.17) is 16.7 Å². The predicted octanol–water partition coefficient (Wildman–Crippen LogP) is 3.57.